The van der Waals surface area contributed by atoms with Crippen LogP contribution in [0.1, 0.15) is 28.4 Å². The van der Waals surface area contributed by atoms with Gasteiger partial charge in [-0.15, -0.1) is 0 Å². The van der Waals surface area contributed by atoms with Crippen LogP contribution >= 0.6 is 0 Å². The molecule has 2 aromatic heterocycles. The number of nitrogens with one attached hydrogen (secondary N) is 2. The normalized spacial score (nSPS) is 10.8. The lowest BCUT2D eigenvalue weighted by Gasteiger charge is -2.05. The summed E-state index contributed by atoms with van der Waals surface area (Å²) in [7, 11) is 0. The summed E-state index contributed by atoms with van der Waals surface area (Å²) in [6.45, 7) is 1.80. The number of rotatable bonds is 5. The number of hydrogen-bond acceptors (Lipinski definition) is 5. The van der Waals surface area contributed by atoms with Gasteiger partial charge in [-0.05, 0) is 13.0 Å². The summed E-state index contributed by atoms with van der Waals surface area (Å²) in [5.41, 5.74) is 7.05. The van der Waals surface area contributed by atoms with Crippen molar-refractivity contribution in [2.75, 3.05) is 0 Å². The lowest BCUT2D eigenvalue weighted by molar-refractivity contribution is -0.121. The Morgan fingerprint density at radius 1 is 0.966 bits per heavy atom. The van der Waals surface area contributed by atoms with E-state index in [2.05, 4.69) is 15.8 Å². The Bertz CT molecular complexity index is 1160. The number of nitrogens with zero attached hydrogens (tertiary/aromatic N) is 1. The average Bonchev–Trinajstić information content (AvgIpc) is 3.36. The summed E-state index contributed by atoms with van der Waals surface area (Å²) in [5.74, 6) is 0.418. The zero-order valence-electron chi connectivity index (χ0n) is 15.8. The number of hydrogen-bond donors (Lipinski definition) is 2. The van der Waals surface area contributed by atoms with Crippen LogP contribution in [-0.4, -0.2) is 16.8 Å². The lowest BCUT2D eigenvalue weighted by atomic mass is 10.1. The minimum Gasteiger partial charge on any atom is -0.451 e. The first kappa shape index (κ1) is 18.5. The molecule has 0 unspecified atom stereocenters. The molecule has 7 heteroatoms. The number of aromatic nitrogens is 1. The second-order valence-electron chi connectivity index (χ2n) is 6.54. The molecule has 0 spiro atoms. The molecule has 146 valence electrons. The van der Waals surface area contributed by atoms with Gasteiger partial charge >= 0.3 is 5.91 Å². The monoisotopic (exact) mass is 389 g/mol. The van der Waals surface area contributed by atoms with Crippen LogP contribution in [0.4, 0.5) is 0 Å². The van der Waals surface area contributed by atoms with E-state index in [9.17, 15) is 9.59 Å². The SMILES string of the molecule is Cc1c(C(=O)NNC(=O)CCc2ncc(-c3ccccc3)o2)oc2ccccc12. The summed E-state index contributed by atoms with van der Waals surface area (Å²) in [5, 5.41) is 0.863. The van der Waals surface area contributed by atoms with Crippen molar-refractivity contribution in [3.05, 3.63) is 78.0 Å². The van der Waals surface area contributed by atoms with E-state index in [4.69, 9.17) is 8.83 Å². The molecule has 2 heterocycles. The molecule has 29 heavy (non-hydrogen) atoms. The predicted octanol–water partition coefficient (Wildman–Crippen LogP) is 3.79. The molecule has 0 saturated heterocycles. The van der Waals surface area contributed by atoms with Gasteiger partial charge in [-0.2, -0.15) is 0 Å². The molecule has 0 fully saturated rings. The molecule has 0 radical (unpaired) electrons. The van der Waals surface area contributed by atoms with Crippen molar-refractivity contribution in [2.45, 2.75) is 19.8 Å². The number of carbonyl (C=O) groups is 2. The van der Waals surface area contributed by atoms with Gasteiger partial charge in [0, 0.05) is 29.4 Å². The summed E-state index contributed by atoms with van der Waals surface area (Å²) in [4.78, 5) is 28.6. The number of hydrazine groups is 1. The quantitative estimate of drug-likeness (QED) is 0.506. The first-order chi connectivity index (χ1) is 14.1. The van der Waals surface area contributed by atoms with Gasteiger partial charge < -0.3 is 8.83 Å². The number of oxazole rings is 1. The molecule has 4 rings (SSSR count). The van der Waals surface area contributed by atoms with Crippen molar-refractivity contribution in [3.63, 3.8) is 0 Å². The van der Waals surface area contributed by atoms with Crippen LogP contribution in [0.5, 0.6) is 0 Å². The molecule has 0 aliphatic heterocycles. The lowest BCUT2D eigenvalue weighted by Crippen LogP contribution is -2.41. The highest BCUT2D eigenvalue weighted by atomic mass is 16.4. The van der Waals surface area contributed by atoms with E-state index in [1.807, 2.05) is 48.5 Å². The number of carbonyl (C=O) groups excluding carboxylic acids is 2. The van der Waals surface area contributed by atoms with E-state index in [0.29, 0.717) is 23.7 Å². The Kier molecular flexibility index (Phi) is 5.11. The Balaban J connectivity index is 1.30. The molecule has 0 bridgehead atoms. The Hall–Kier alpha value is -3.87. The van der Waals surface area contributed by atoms with Gasteiger partial charge in [0.1, 0.15) is 5.58 Å². The second-order valence-corrected chi connectivity index (χ2v) is 6.54. The number of para-hydroxylation sites is 1. The third-order valence-corrected chi connectivity index (χ3v) is 4.54. The number of furan rings is 1. The van der Waals surface area contributed by atoms with Crippen LogP contribution < -0.4 is 10.9 Å². The van der Waals surface area contributed by atoms with Gasteiger partial charge in [-0.25, -0.2) is 4.98 Å². The van der Waals surface area contributed by atoms with Crippen molar-refractivity contribution in [1.82, 2.24) is 15.8 Å². The fourth-order valence-corrected chi connectivity index (χ4v) is 3.02. The van der Waals surface area contributed by atoms with Gasteiger partial charge in [-0.1, -0.05) is 48.5 Å². The summed E-state index contributed by atoms with van der Waals surface area (Å²) < 4.78 is 11.2. The fourth-order valence-electron chi connectivity index (χ4n) is 3.02. The van der Waals surface area contributed by atoms with Gasteiger partial charge in [-0.3, -0.25) is 20.4 Å². The van der Waals surface area contributed by atoms with E-state index in [1.165, 1.54) is 0 Å². The van der Waals surface area contributed by atoms with Crippen molar-refractivity contribution in [2.24, 2.45) is 0 Å². The first-order valence-corrected chi connectivity index (χ1v) is 9.19. The summed E-state index contributed by atoms with van der Waals surface area (Å²) >= 11 is 0. The van der Waals surface area contributed by atoms with Crippen LogP contribution in [0, 0.1) is 6.92 Å². The highest BCUT2D eigenvalue weighted by Gasteiger charge is 2.18. The molecule has 2 aromatic carbocycles. The first-order valence-electron chi connectivity index (χ1n) is 9.19. The highest BCUT2D eigenvalue weighted by Crippen LogP contribution is 2.24. The van der Waals surface area contributed by atoms with Crippen LogP contribution in [0.2, 0.25) is 0 Å². The van der Waals surface area contributed by atoms with E-state index < -0.39 is 5.91 Å². The zero-order valence-corrected chi connectivity index (χ0v) is 15.8. The van der Waals surface area contributed by atoms with Crippen molar-refractivity contribution in [3.8, 4) is 11.3 Å². The van der Waals surface area contributed by atoms with Crippen molar-refractivity contribution in [1.29, 1.82) is 0 Å². The maximum Gasteiger partial charge on any atom is 0.305 e. The topological polar surface area (TPSA) is 97.4 Å². The fraction of sp³-hybridized carbons (Fsp3) is 0.136. The minimum absolute atomic E-state index is 0.119. The third kappa shape index (κ3) is 4.03. The van der Waals surface area contributed by atoms with Crippen LogP contribution in [0.25, 0.3) is 22.3 Å². The number of fused-ring (bicyclic) bond motifs is 1. The van der Waals surface area contributed by atoms with E-state index in [-0.39, 0.29) is 18.1 Å². The number of amides is 2. The minimum atomic E-state index is -0.505. The Labute approximate surface area is 166 Å². The Morgan fingerprint density at radius 3 is 2.52 bits per heavy atom. The predicted molar refractivity (Wildman–Crippen MR) is 107 cm³/mol. The smallest absolute Gasteiger partial charge is 0.305 e. The van der Waals surface area contributed by atoms with E-state index >= 15 is 0 Å². The second kappa shape index (κ2) is 8.02. The summed E-state index contributed by atoms with van der Waals surface area (Å²) in [6, 6.07) is 17.0. The highest BCUT2D eigenvalue weighted by molar-refractivity contribution is 5.99. The molecular formula is C22H19N3O4. The number of aryl methyl sites for hydroxylation is 2. The maximum atomic E-state index is 12.3. The third-order valence-electron chi connectivity index (χ3n) is 4.54. The zero-order chi connectivity index (χ0) is 20.2. The van der Waals surface area contributed by atoms with Crippen LogP contribution in [0.15, 0.2) is 69.6 Å². The van der Waals surface area contributed by atoms with Crippen LogP contribution in [-0.2, 0) is 11.2 Å². The molecule has 4 aromatic rings. The molecule has 0 saturated carbocycles. The molecule has 7 nitrogen and oxygen atoms in total. The van der Waals surface area contributed by atoms with Crippen molar-refractivity contribution >= 4 is 22.8 Å². The van der Waals surface area contributed by atoms with E-state index in [1.54, 1.807) is 19.2 Å². The average molecular weight is 389 g/mol. The Morgan fingerprint density at radius 2 is 1.72 bits per heavy atom. The molecule has 2 amide bonds. The molecule has 0 atom stereocenters. The maximum absolute atomic E-state index is 12.3. The molecular weight excluding hydrogens is 370 g/mol. The van der Waals surface area contributed by atoms with Gasteiger partial charge in [0.2, 0.25) is 5.91 Å². The van der Waals surface area contributed by atoms with Gasteiger partial charge in [0.15, 0.2) is 17.4 Å². The standard InChI is InChI=1S/C22H19N3O4/c1-14-16-9-5-6-10-17(16)29-21(14)22(27)25-24-19(26)11-12-20-23-13-18(28-20)15-7-3-2-4-8-15/h2-10,13H,11-12H2,1H3,(H,24,26)(H,25,27). The van der Waals surface area contributed by atoms with Gasteiger partial charge in [0.25, 0.3) is 0 Å². The van der Waals surface area contributed by atoms with Crippen molar-refractivity contribution < 1.29 is 18.4 Å². The van der Waals surface area contributed by atoms with E-state index in [0.717, 1.165) is 16.5 Å². The number of benzene rings is 2. The van der Waals surface area contributed by atoms with Gasteiger partial charge in [0.05, 0.1) is 6.20 Å². The molecule has 0 aliphatic carbocycles. The molecule has 2 N–H and O–H groups in total. The summed E-state index contributed by atoms with van der Waals surface area (Å²) in [6.07, 6.45) is 2.07. The molecule has 0 aliphatic rings. The van der Waals surface area contributed by atoms with Crippen LogP contribution in [0.3, 0.4) is 0 Å². The largest absolute Gasteiger partial charge is 0.451 e.